The maximum absolute atomic E-state index is 5.69. The molecule has 6 heteroatoms. The number of ether oxygens (including phenoxy) is 1. The summed E-state index contributed by atoms with van der Waals surface area (Å²) in [6.07, 6.45) is 10.5. The second-order valence-electron chi connectivity index (χ2n) is 7.12. The molecule has 6 nitrogen and oxygen atoms in total. The van der Waals surface area contributed by atoms with Crippen LogP contribution < -0.4 is 10.5 Å². The summed E-state index contributed by atoms with van der Waals surface area (Å²) in [5.41, 5.74) is 13.0. The van der Waals surface area contributed by atoms with Crippen molar-refractivity contribution in [3.63, 3.8) is 0 Å². The lowest BCUT2D eigenvalue weighted by atomic mass is 9.97. The zero-order valence-electron chi connectivity index (χ0n) is 17.4. The molecule has 0 aliphatic carbocycles. The van der Waals surface area contributed by atoms with E-state index in [1.54, 1.807) is 7.11 Å². The molecule has 0 unspecified atom stereocenters. The van der Waals surface area contributed by atoms with Gasteiger partial charge < -0.3 is 15.5 Å². The summed E-state index contributed by atoms with van der Waals surface area (Å²) in [7, 11) is 1.62. The average Bonchev–Trinajstić information content (AvgIpc) is 3.21. The van der Waals surface area contributed by atoms with Crippen LogP contribution in [0.1, 0.15) is 25.8 Å². The lowest BCUT2D eigenvalue weighted by Crippen LogP contribution is -1.94. The summed E-state index contributed by atoms with van der Waals surface area (Å²) in [6, 6.07) is 8.30. The third kappa shape index (κ3) is 3.57. The Hall–Kier alpha value is -3.51. The van der Waals surface area contributed by atoms with Gasteiger partial charge in [-0.25, -0.2) is 15.0 Å². The zero-order chi connectivity index (χ0) is 21.1. The first-order chi connectivity index (χ1) is 14.7. The number of H-pyrrole nitrogens is 1. The number of fused-ring (bicyclic) bond motifs is 2. The second kappa shape index (κ2) is 8.47. The van der Waals surface area contributed by atoms with Crippen LogP contribution in [0.4, 0.5) is 0 Å². The minimum absolute atomic E-state index is 0.507. The molecule has 152 valence electrons. The molecule has 3 aromatic heterocycles. The molecular weight excluding hydrogens is 374 g/mol. The van der Waals surface area contributed by atoms with E-state index in [-0.39, 0.29) is 0 Å². The first-order valence-corrected chi connectivity index (χ1v) is 9.99. The molecule has 4 rings (SSSR count). The van der Waals surface area contributed by atoms with Gasteiger partial charge in [0, 0.05) is 35.5 Å². The van der Waals surface area contributed by atoms with Crippen molar-refractivity contribution in [1.29, 1.82) is 0 Å². The van der Waals surface area contributed by atoms with Crippen molar-refractivity contribution in [2.24, 2.45) is 5.73 Å². The lowest BCUT2D eigenvalue weighted by molar-refractivity contribution is 0.402. The Morgan fingerprint density at radius 1 is 1.17 bits per heavy atom. The molecule has 0 aliphatic rings. The van der Waals surface area contributed by atoms with Gasteiger partial charge >= 0.3 is 0 Å². The second-order valence-corrected chi connectivity index (χ2v) is 7.12. The van der Waals surface area contributed by atoms with E-state index in [2.05, 4.69) is 58.1 Å². The van der Waals surface area contributed by atoms with E-state index in [0.29, 0.717) is 12.4 Å². The Morgan fingerprint density at radius 3 is 2.80 bits per heavy atom. The van der Waals surface area contributed by atoms with Gasteiger partial charge in [0.2, 0.25) is 5.88 Å². The van der Waals surface area contributed by atoms with Crippen LogP contribution in [-0.2, 0) is 0 Å². The van der Waals surface area contributed by atoms with E-state index in [4.69, 9.17) is 10.5 Å². The highest BCUT2D eigenvalue weighted by molar-refractivity contribution is 5.98. The van der Waals surface area contributed by atoms with Crippen molar-refractivity contribution in [2.45, 2.75) is 20.3 Å². The molecule has 1 aromatic carbocycles. The molecule has 3 N–H and O–H groups in total. The molecule has 0 atom stereocenters. The van der Waals surface area contributed by atoms with Crippen molar-refractivity contribution in [3.05, 3.63) is 66.3 Å². The van der Waals surface area contributed by atoms with E-state index in [1.165, 1.54) is 11.9 Å². The molecule has 0 amide bonds. The first-order valence-electron chi connectivity index (χ1n) is 9.99. The van der Waals surface area contributed by atoms with Crippen LogP contribution in [0, 0.1) is 0 Å². The summed E-state index contributed by atoms with van der Waals surface area (Å²) in [5, 5.41) is 1.94. The highest BCUT2D eigenvalue weighted by Gasteiger charge is 2.12. The van der Waals surface area contributed by atoms with Crippen molar-refractivity contribution in [2.75, 3.05) is 13.7 Å². The smallest absolute Gasteiger partial charge is 0.224 e. The number of rotatable bonds is 6. The van der Waals surface area contributed by atoms with Gasteiger partial charge in [0.1, 0.15) is 12.0 Å². The minimum Gasteiger partial charge on any atom is -0.480 e. The maximum Gasteiger partial charge on any atom is 0.224 e. The third-order valence-corrected chi connectivity index (χ3v) is 5.36. The molecule has 0 aliphatic heterocycles. The van der Waals surface area contributed by atoms with Gasteiger partial charge in [-0.05, 0) is 42.7 Å². The number of methoxy groups -OCH3 is 1. The molecule has 3 heterocycles. The Balaban J connectivity index is 1.88. The molecule has 4 aromatic rings. The van der Waals surface area contributed by atoms with Crippen molar-refractivity contribution < 1.29 is 4.74 Å². The van der Waals surface area contributed by atoms with Crippen LogP contribution in [0.5, 0.6) is 5.88 Å². The molecular formula is C24H25N5O. The summed E-state index contributed by atoms with van der Waals surface area (Å²) in [5.74, 6) is 0.566. The number of pyridine rings is 1. The zero-order valence-corrected chi connectivity index (χ0v) is 17.4. The third-order valence-electron chi connectivity index (χ3n) is 5.36. The van der Waals surface area contributed by atoms with Crippen LogP contribution in [0.3, 0.4) is 0 Å². The summed E-state index contributed by atoms with van der Waals surface area (Å²) in [6.45, 7) is 4.81. The molecule has 0 bridgehead atoms. The highest BCUT2D eigenvalue weighted by Crippen LogP contribution is 2.33. The van der Waals surface area contributed by atoms with Crippen molar-refractivity contribution in [3.8, 4) is 17.0 Å². The number of aromatic nitrogens is 4. The van der Waals surface area contributed by atoms with Crippen LogP contribution >= 0.6 is 0 Å². The van der Waals surface area contributed by atoms with Gasteiger partial charge in [0.25, 0.3) is 0 Å². The van der Waals surface area contributed by atoms with E-state index in [1.807, 2.05) is 24.5 Å². The van der Waals surface area contributed by atoms with Crippen LogP contribution in [0.2, 0.25) is 0 Å². The van der Waals surface area contributed by atoms with E-state index < -0.39 is 0 Å². The van der Waals surface area contributed by atoms with Crippen molar-refractivity contribution in [1.82, 2.24) is 19.9 Å². The number of hydrogen-bond donors (Lipinski definition) is 2. The Bertz CT molecular complexity index is 1270. The van der Waals surface area contributed by atoms with Gasteiger partial charge in [0.05, 0.1) is 18.0 Å². The number of aromatic amines is 1. The first kappa shape index (κ1) is 19.8. The number of allylic oxidation sites excluding steroid dienone is 3. The number of nitrogens with zero attached hydrogens (tertiary/aromatic N) is 3. The quantitative estimate of drug-likeness (QED) is 0.451. The molecule has 0 fully saturated rings. The number of hydrogen-bond acceptors (Lipinski definition) is 5. The Labute approximate surface area is 175 Å². The monoisotopic (exact) mass is 399 g/mol. The van der Waals surface area contributed by atoms with E-state index in [0.717, 1.165) is 50.6 Å². The summed E-state index contributed by atoms with van der Waals surface area (Å²) >= 11 is 0. The van der Waals surface area contributed by atoms with Gasteiger partial charge in [-0.2, -0.15) is 0 Å². The van der Waals surface area contributed by atoms with Crippen LogP contribution in [0.15, 0.2) is 60.7 Å². The summed E-state index contributed by atoms with van der Waals surface area (Å²) in [4.78, 5) is 16.5. The van der Waals surface area contributed by atoms with Crippen LogP contribution in [-0.4, -0.2) is 33.6 Å². The topological polar surface area (TPSA) is 89.7 Å². The van der Waals surface area contributed by atoms with E-state index >= 15 is 0 Å². The minimum atomic E-state index is 0.507. The molecule has 0 saturated carbocycles. The maximum atomic E-state index is 5.69. The van der Waals surface area contributed by atoms with Gasteiger partial charge in [-0.1, -0.05) is 30.7 Å². The number of nitrogens with two attached hydrogens (primary N) is 1. The number of nitrogens with one attached hydrogen (secondary N) is 1. The fraction of sp³-hybridized carbons (Fsp3) is 0.208. The lowest BCUT2D eigenvalue weighted by Gasteiger charge is -2.09. The van der Waals surface area contributed by atoms with Gasteiger partial charge in [-0.15, -0.1) is 0 Å². The van der Waals surface area contributed by atoms with Crippen molar-refractivity contribution >= 4 is 27.5 Å². The standard InChI is InChI=1S/C24H25N5O/c1-4-15(2)18(6-5-9-25)17-11-19-21(13-27-23(19)26-12-17)16-7-8-22-20(10-16)24(30-3)29-14-28-22/h5-8,10-14H,4,9,25H2,1-3H3,(H,26,27)/b6-5-,18-15+. The summed E-state index contributed by atoms with van der Waals surface area (Å²) < 4.78 is 5.42. The largest absolute Gasteiger partial charge is 0.480 e. The fourth-order valence-corrected chi connectivity index (χ4v) is 3.61. The fourth-order valence-electron chi connectivity index (χ4n) is 3.61. The molecule has 0 radical (unpaired) electrons. The predicted octanol–water partition coefficient (Wildman–Crippen LogP) is 4.88. The molecule has 0 spiro atoms. The SMILES string of the molecule is CC/C(C)=C(\C=C/CN)c1cnc2[nH]cc(-c3ccc4ncnc(OC)c4c3)c2c1. The highest BCUT2D eigenvalue weighted by atomic mass is 16.5. The number of benzene rings is 1. The van der Waals surface area contributed by atoms with E-state index in [9.17, 15) is 0 Å². The molecule has 30 heavy (non-hydrogen) atoms. The predicted molar refractivity (Wildman–Crippen MR) is 122 cm³/mol. The molecule has 0 saturated heterocycles. The average molecular weight is 399 g/mol. The normalized spacial score (nSPS) is 12.7. The van der Waals surface area contributed by atoms with Gasteiger partial charge in [0.15, 0.2) is 0 Å². The van der Waals surface area contributed by atoms with Crippen LogP contribution in [0.25, 0.3) is 38.6 Å². The Kier molecular flexibility index (Phi) is 5.59. The van der Waals surface area contributed by atoms with Gasteiger partial charge in [-0.3, -0.25) is 0 Å². The Morgan fingerprint density at radius 2 is 2.03 bits per heavy atom.